The lowest BCUT2D eigenvalue weighted by atomic mass is 9.82. The summed E-state index contributed by atoms with van der Waals surface area (Å²) in [4.78, 5) is 6.79. The first-order valence-corrected chi connectivity index (χ1v) is 5.13. The Morgan fingerprint density at radius 3 is 2.79 bits per heavy atom. The standard InChI is InChI=1S/C12H18N2/c1-9-5-12(2,3)11-8-14(4)7-10(11)6-13-9/h5-6H,7-8H2,1-4H3. The lowest BCUT2D eigenvalue weighted by molar-refractivity contribution is 0.405. The molecule has 0 fully saturated rings. The Balaban J connectivity index is 2.43. The van der Waals surface area contributed by atoms with Gasteiger partial charge in [-0.05, 0) is 25.1 Å². The minimum absolute atomic E-state index is 0.167. The number of aliphatic imine (C=N–C) groups is 1. The van der Waals surface area contributed by atoms with Crippen LogP contribution in [0.25, 0.3) is 0 Å². The summed E-state index contributed by atoms with van der Waals surface area (Å²) in [6.07, 6.45) is 4.31. The second-order valence-corrected chi connectivity index (χ2v) is 4.94. The van der Waals surface area contributed by atoms with E-state index in [9.17, 15) is 0 Å². The zero-order valence-electron chi connectivity index (χ0n) is 9.46. The van der Waals surface area contributed by atoms with Crippen LogP contribution in [-0.4, -0.2) is 31.3 Å². The van der Waals surface area contributed by atoms with Crippen LogP contribution in [0.15, 0.2) is 27.9 Å². The molecule has 0 spiro atoms. The largest absolute Gasteiger partial charge is 0.298 e. The van der Waals surface area contributed by atoms with E-state index < -0.39 is 0 Å². The van der Waals surface area contributed by atoms with Gasteiger partial charge in [-0.3, -0.25) is 9.89 Å². The second-order valence-electron chi connectivity index (χ2n) is 4.94. The SMILES string of the molecule is CC1=CC(C)(C)C2=C(C=N1)CN(C)C2. The fourth-order valence-electron chi connectivity index (χ4n) is 2.38. The van der Waals surface area contributed by atoms with Crippen molar-refractivity contribution in [3.05, 3.63) is 22.9 Å². The molecule has 2 aliphatic rings. The van der Waals surface area contributed by atoms with Crippen LogP contribution in [0.3, 0.4) is 0 Å². The average Bonchev–Trinajstić information content (AvgIpc) is 2.39. The molecule has 2 rings (SSSR count). The van der Waals surface area contributed by atoms with Crippen LogP contribution in [0.1, 0.15) is 20.8 Å². The first kappa shape index (κ1) is 9.66. The molecule has 0 radical (unpaired) electrons. The fourth-order valence-corrected chi connectivity index (χ4v) is 2.38. The molecule has 2 aliphatic heterocycles. The van der Waals surface area contributed by atoms with E-state index in [2.05, 4.69) is 43.8 Å². The van der Waals surface area contributed by atoms with Crippen LogP contribution in [-0.2, 0) is 0 Å². The second kappa shape index (κ2) is 3.06. The van der Waals surface area contributed by atoms with Gasteiger partial charge >= 0.3 is 0 Å². The number of nitrogens with zero attached hydrogens (tertiary/aromatic N) is 2. The quantitative estimate of drug-likeness (QED) is 0.572. The summed E-state index contributed by atoms with van der Waals surface area (Å²) in [5.74, 6) is 0. The van der Waals surface area contributed by atoms with Crippen molar-refractivity contribution in [2.24, 2.45) is 10.4 Å². The van der Waals surface area contributed by atoms with Gasteiger partial charge in [0.25, 0.3) is 0 Å². The zero-order chi connectivity index (χ0) is 10.3. The third-order valence-electron chi connectivity index (χ3n) is 3.03. The van der Waals surface area contributed by atoms with Crippen molar-refractivity contribution in [3.63, 3.8) is 0 Å². The minimum atomic E-state index is 0.167. The van der Waals surface area contributed by atoms with Gasteiger partial charge in [-0.1, -0.05) is 19.9 Å². The van der Waals surface area contributed by atoms with Crippen LogP contribution < -0.4 is 0 Å². The Morgan fingerprint density at radius 2 is 2.07 bits per heavy atom. The molecule has 0 atom stereocenters. The van der Waals surface area contributed by atoms with Gasteiger partial charge < -0.3 is 0 Å². The fraction of sp³-hybridized carbons (Fsp3) is 0.583. The first-order chi connectivity index (χ1) is 6.49. The third-order valence-corrected chi connectivity index (χ3v) is 3.03. The summed E-state index contributed by atoms with van der Waals surface area (Å²) in [6, 6.07) is 0. The molecule has 0 aliphatic carbocycles. The van der Waals surface area contributed by atoms with Crippen LogP contribution in [0.5, 0.6) is 0 Å². The van der Waals surface area contributed by atoms with Gasteiger partial charge in [-0.15, -0.1) is 0 Å². The molecule has 14 heavy (non-hydrogen) atoms. The highest BCUT2D eigenvalue weighted by Gasteiger charge is 2.30. The summed E-state index contributed by atoms with van der Waals surface area (Å²) >= 11 is 0. The highest BCUT2D eigenvalue weighted by molar-refractivity contribution is 5.83. The van der Waals surface area contributed by atoms with E-state index in [4.69, 9.17) is 0 Å². The van der Waals surface area contributed by atoms with E-state index in [1.807, 2.05) is 6.21 Å². The summed E-state index contributed by atoms with van der Waals surface area (Å²) in [5.41, 5.74) is 4.24. The van der Waals surface area contributed by atoms with Crippen molar-refractivity contribution < 1.29 is 0 Å². The highest BCUT2D eigenvalue weighted by atomic mass is 15.1. The number of likely N-dealkylation sites (N-methyl/N-ethyl adjacent to an activating group) is 1. The van der Waals surface area contributed by atoms with E-state index in [1.165, 1.54) is 11.1 Å². The summed E-state index contributed by atoms with van der Waals surface area (Å²) in [6.45, 7) is 8.75. The molecule has 0 aromatic carbocycles. The van der Waals surface area contributed by atoms with Gasteiger partial charge in [-0.2, -0.15) is 0 Å². The van der Waals surface area contributed by atoms with Crippen LogP contribution >= 0.6 is 0 Å². The molecule has 0 N–H and O–H groups in total. The Hall–Kier alpha value is -0.890. The normalized spacial score (nSPS) is 26.1. The Bertz CT molecular complexity index is 345. The smallest absolute Gasteiger partial charge is 0.0341 e. The van der Waals surface area contributed by atoms with Crippen LogP contribution in [0.2, 0.25) is 0 Å². The molecule has 0 saturated carbocycles. The molecule has 0 amide bonds. The Kier molecular flexibility index (Phi) is 2.11. The predicted octanol–water partition coefficient (Wildman–Crippen LogP) is 2.24. The maximum absolute atomic E-state index is 4.45. The minimum Gasteiger partial charge on any atom is -0.298 e. The van der Waals surface area contributed by atoms with E-state index in [-0.39, 0.29) is 5.41 Å². The van der Waals surface area contributed by atoms with E-state index in [0.717, 1.165) is 18.8 Å². The zero-order valence-corrected chi connectivity index (χ0v) is 9.46. The Labute approximate surface area is 86.0 Å². The number of allylic oxidation sites excluding steroid dienone is 2. The van der Waals surface area contributed by atoms with Crippen molar-refractivity contribution in [2.45, 2.75) is 20.8 Å². The third kappa shape index (κ3) is 1.55. The summed E-state index contributed by atoms with van der Waals surface area (Å²) in [5, 5.41) is 0. The van der Waals surface area contributed by atoms with E-state index in [0.29, 0.717) is 0 Å². The van der Waals surface area contributed by atoms with Gasteiger partial charge in [0.1, 0.15) is 0 Å². The number of rotatable bonds is 0. The van der Waals surface area contributed by atoms with Gasteiger partial charge in [0, 0.05) is 30.4 Å². The monoisotopic (exact) mass is 190 g/mol. The Morgan fingerprint density at radius 1 is 1.36 bits per heavy atom. The molecule has 2 heterocycles. The maximum atomic E-state index is 4.45. The van der Waals surface area contributed by atoms with Gasteiger partial charge in [0.2, 0.25) is 0 Å². The molecular formula is C12H18N2. The van der Waals surface area contributed by atoms with Crippen molar-refractivity contribution in [3.8, 4) is 0 Å². The summed E-state index contributed by atoms with van der Waals surface area (Å²) < 4.78 is 0. The maximum Gasteiger partial charge on any atom is 0.0341 e. The molecule has 0 aromatic heterocycles. The van der Waals surface area contributed by atoms with Gasteiger partial charge in [0.05, 0.1) is 0 Å². The van der Waals surface area contributed by atoms with E-state index in [1.54, 1.807) is 0 Å². The molecular weight excluding hydrogens is 172 g/mol. The van der Waals surface area contributed by atoms with Crippen molar-refractivity contribution in [1.82, 2.24) is 4.90 Å². The van der Waals surface area contributed by atoms with Crippen LogP contribution in [0, 0.1) is 5.41 Å². The average molecular weight is 190 g/mol. The molecule has 0 unspecified atom stereocenters. The van der Waals surface area contributed by atoms with Crippen molar-refractivity contribution in [1.29, 1.82) is 0 Å². The first-order valence-electron chi connectivity index (χ1n) is 5.13. The van der Waals surface area contributed by atoms with E-state index >= 15 is 0 Å². The highest BCUT2D eigenvalue weighted by Crippen LogP contribution is 2.36. The van der Waals surface area contributed by atoms with Crippen molar-refractivity contribution in [2.75, 3.05) is 20.1 Å². The molecule has 0 aromatic rings. The molecule has 2 heteroatoms. The topological polar surface area (TPSA) is 15.6 Å². The molecule has 2 nitrogen and oxygen atoms in total. The predicted molar refractivity (Wildman–Crippen MR) is 60.6 cm³/mol. The molecule has 0 bridgehead atoms. The van der Waals surface area contributed by atoms with Gasteiger partial charge in [-0.25, -0.2) is 0 Å². The lowest BCUT2D eigenvalue weighted by Gasteiger charge is -2.23. The lowest BCUT2D eigenvalue weighted by Crippen LogP contribution is -2.20. The molecule has 76 valence electrons. The summed E-state index contributed by atoms with van der Waals surface area (Å²) in [7, 11) is 2.16. The number of hydrogen-bond donors (Lipinski definition) is 0. The van der Waals surface area contributed by atoms with Crippen LogP contribution in [0.4, 0.5) is 0 Å². The van der Waals surface area contributed by atoms with Gasteiger partial charge in [0.15, 0.2) is 0 Å². The molecule has 0 saturated heterocycles. The number of hydrogen-bond acceptors (Lipinski definition) is 2. The van der Waals surface area contributed by atoms with Crippen molar-refractivity contribution >= 4 is 6.21 Å².